The van der Waals surface area contributed by atoms with Crippen LogP contribution in [0.1, 0.15) is 19.4 Å². The predicted octanol–water partition coefficient (Wildman–Crippen LogP) is 1.89. The molecule has 0 saturated heterocycles. The van der Waals surface area contributed by atoms with Crippen molar-refractivity contribution in [2.24, 2.45) is 0 Å². The van der Waals surface area contributed by atoms with Gasteiger partial charge in [-0.2, -0.15) is 0 Å². The molecule has 0 atom stereocenters. The zero-order chi connectivity index (χ0) is 13.7. The summed E-state index contributed by atoms with van der Waals surface area (Å²) in [5, 5.41) is 3.40. The van der Waals surface area contributed by atoms with Crippen LogP contribution in [0.15, 0.2) is 24.3 Å². The van der Waals surface area contributed by atoms with Crippen LogP contribution in [0.2, 0.25) is 0 Å². The van der Waals surface area contributed by atoms with E-state index in [1.165, 1.54) is 11.3 Å². The number of benzene rings is 1. The van der Waals surface area contributed by atoms with E-state index in [9.17, 15) is 4.79 Å². The molecule has 1 aromatic carbocycles. The Bertz CT molecular complexity index is 435. The molecule has 0 saturated carbocycles. The van der Waals surface area contributed by atoms with Crippen LogP contribution in [0.25, 0.3) is 0 Å². The molecule has 20 heavy (non-hydrogen) atoms. The van der Waals surface area contributed by atoms with Crippen LogP contribution in [0.3, 0.4) is 0 Å². The van der Waals surface area contributed by atoms with Gasteiger partial charge in [0.05, 0.1) is 6.54 Å². The summed E-state index contributed by atoms with van der Waals surface area (Å²) in [5.74, 6) is 0.210. The zero-order valence-corrected chi connectivity index (χ0v) is 13.1. The number of carbonyl (C=O) groups is 1. The monoisotopic (exact) mass is 297 g/mol. The van der Waals surface area contributed by atoms with Crippen molar-refractivity contribution >= 4 is 24.0 Å². The van der Waals surface area contributed by atoms with Gasteiger partial charge < -0.3 is 15.1 Å². The number of likely N-dealkylation sites (N-methyl/N-ethyl adjacent to an activating group) is 1. The smallest absolute Gasteiger partial charge is 0.242 e. The van der Waals surface area contributed by atoms with Crippen molar-refractivity contribution in [2.75, 3.05) is 37.6 Å². The molecule has 2 rings (SSSR count). The number of hydrogen-bond acceptors (Lipinski definition) is 3. The summed E-state index contributed by atoms with van der Waals surface area (Å²) in [6.45, 7) is 8.77. The second-order valence-electron chi connectivity index (χ2n) is 4.79. The van der Waals surface area contributed by atoms with Crippen LogP contribution in [0.5, 0.6) is 0 Å². The molecule has 0 radical (unpaired) electrons. The van der Waals surface area contributed by atoms with E-state index in [1.54, 1.807) is 0 Å². The molecule has 1 aliphatic rings. The van der Waals surface area contributed by atoms with Crippen LogP contribution in [-0.4, -0.2) is 43.5 Å². The lowest BCUT2D eigenvalue weighted by molar-refractivity contribution is -0.129. The maximum atomic E-state index is 12.3. The number of hydrogen-bond donors (Lipinski definition) is 1. The first-order valence-electron chi connectivity index (χ1n) is 7.07. The molecule has 0 fully saturated rings. The maximum absolute atomic E-state index is 12.3. The van der Waals surface area contributed by atoms with E-state index < -0.39 is 0 Å². The van der Waals surface area contributed by atoms with Crippen molar-refractivity contribution in [1.29, 1.82) is 0 Å². The molecule has 0 bridgehead atoms. The number of nitrogens with zero attached hydrogens (tertiary/aromatic N) is 2. The summed E-state index contributed by atoms with van der Waals surface area (Å²) in [5.41, 5.74) is 2.46. The van der Waals surface area contributed by atoms with Gasteiger partial charge in [-0.15, -0.1) is 12.4 Å². The maximum Gasteiger partial charge on any atom is 0.242 e. The number of para-hydroxylation sites is 1. The Kier molecular flexibility index (Phi) is 6.82. The van der Waals surface area contributed by atoms with E-state index in [0.717, 1.165) is 32.7 Å². The van der Waals surface area contributed by atoms with Gasteiger partial charge >= 0.3 is 0 Å². The van der Waals surface area contributed by atoms with Crippen molar-refractivity contribution in [3.63, 3.8) is 0 Å². The highest BCUT2D eigenvalue weighted by molar-refractivity contribution is 5.85. The average Bonchev–Trinajstić information content (AvgIpc) is 2.63. The van der Waals surface area contributed by atoms with Gasteiger partial charge in [-0.3, -0.25) is 4.79 Å². The molecule has 1 aromatic rings. The first kappa shape index (κ1) is 16.8. The standard InChI is InChI=1S/C15H23N3O.ClH/c1-3-17(4-2)15(19)12-18-10-9-16-11-13-7-5-6-8-14(13)18;/h5-8,16H,3-4,9-12H2,1-2H3;1H. The Balaban J connectivity index is 0.00000200. The number of halogens is 1. The van der Waals surface area contributed by atoms with Crippen LogP contribution in [0.4, 0.5) is 5.69 Å². The molecule has 1 N–H and O–H groups in total. The molecule has 5 heteroatoms. The summed E-state index contributed by atoms with van der Waals surface area (Å²) in [6, 6.07) is 8.33. The Morgan fingerprint density at radius 2 is 2.00 bits per heavy atom. The molecular formula is C15H24ClN3O. The van der Waals surface area contributed by atoms with Gasteiger partial charge in [0.2, 0.25) is 5.91 Å². The van der Waals surface area contributed by atoms with E-state index >= 15 is 0 Å². The largest absolute Gasteiger partial charge is 0.361 e. The normalized spacial score (nSPS) is 14.0. The summed E-state index contributed by atoms with van der Waals surface area (Å²) < 4.78 is 0. The molecule has 112 valence electrons. The molecule has 4 nitrogen and oxygen atoms in total. The van der Waals surface area contributed by atoms with Gasteiger partial charge in [-0.05, 0) is 25.5 Å². The highest BCUT2D eigenvalue weighted by Gasteiger charge is 2.19. The van der Waals surface area contributed by atoms with Crippen LogP contribution < -0.4 is 10.2 Å². The number of anilines is 1. The van der Waals surface area contributed by atoms with Crippen LogP contribution in [-0.2, 0) is 11.3 Å². The number of rotatable bonds is 4. The molecular weight excluding hydrogens is 274 g/mol. The minimum atomic E-state index is 0. The quantitative estimate of drug-likeness (QED) is 0.922. The Morgan fingerprint density at radius 1 is 1.30 bits per heavy atom. The lowest BCUT2D eigenvalue weighted by Crippen LogP contribution is -2.41. The Hall–Kier alpha value is -1.26. The third-order valence-electron chi connectivity index (χ3n) is 3.65. The van der Waals surface area contributed by atoms with Gasteiger partial charge in [0.15, 0.2) is 0 Å². The lowest BCUT2D eigenvalue weighted by atomic mass is 10.1. The molecule has 0 aromatic heterocycles. The zero-order valence-electron chi connectivity index (χ0n) is 12.3. The first-order chi connectivity index (χ1) is 9.26. The Labute approximate surface area is 127 Å². The third-order valence-corrected chi connectivity index (χ3v) is 3.65. The summed E-state index contributed by atoms with van der Waals surface area (Å²) >= 11 is 0. The summed E-state index contributed by atoms with van der Waals surface area (Å²) in [4.78, 5) is 16.3. The number of fused-ring (bicyclic) bond motifs is 1. The molecule has 1 aliphatic heterocycles. The van der Waals surface area contributed by atoms with Crippen LogP contribution >= 0.6 is 12.4 Å². The number of nitrogens with one attached hydrogen (secondary N) is 1. The van der Waals surface area contributed by atoms with Crippen molar-refractivity contribution in [2.45, 2.75) is 20.4 Å². The van der Waals surface area contributed by atoms with E-state index in [2.05, 4.69) is 28.4 Å². The molecule has 1 heterocycles. The van der Waals surface area contributed by atoms with E-state index in [1.807, 2.05) is 24.8 Å². The fourth-order valence-electron chi connectivity index (χ4n) is 2.53. The summed E-state index contributed by atoms with van der Waals surface area (Å²) in [6.07, 6.45) is 0. The van der Waals surface area contributed by atoms with Gasteiger partial charge in [-0.1, -0.05) is 18.2 Å². The van der Waals surface area contributed by atoms with E-state index in [0.29, 0.717) is 6.54 Å². The topological polar surface area (TPSA) is 35.6 Å². The summed E-state index contributed by atoms with van der Waals surface area (Å²) in [7, 11) is 0. The fourth-order valence-corrected chi connectivity index (χ4v) is 2.53. The number of amides is 1. The third kappa shape index (κ3) is 3.87. The first-order valence-corrected chi connectivity index (χ1v) is 7.07. The minimum Gasteiger partial charge on any atom is -0.361 e. The average molecular weight is 298 g/mol. The van der Waals surface area contributed by atoms with Crippen molar-refractivity contribution in [3.8, 4) is 0 Å². The lowest BCUT2D eigenvalue weighted by Gasteiger charge is -2.27. The highest BCUT2D eigenvalue weighted by Crippen LogP contribution is 2.21. The van der Waals surface area contributed by atoms with Gasteiger partial charge in [0, 0.05) is 38.4 Å². The minimum absolute atomic E-state index is 0. The van der Waals surface area contributed by atoms with Gasteiger partial charge in [-0.25, -0.2) is 0 Å². The second kappa shape index (κ2) is 8.12. The second-order valence-corrected chi connectivity index (χ2v) is 4.79. The van der Waals surface area contributed by atoms with Crippen molar-refractivity contribution < 1.29 is 4.79 Å². The number of carbonyl (C=O) groups excluding carboxylic acids is 1. The van der Waals surface area contributed by atoms with E-state index in [-0.39, 0.29) is 18.3 Å². The highest BCUT2D eigenvalue weighted by atomic mass is 35.5. The van der Waals surface area contributed by atoms with E-state index in [4.69, 9.17) is 0 Å². The Morgan fingerprint density at radius 3 is 2.70 bits per heavy atom. The van der Waals surface area contributed by atoms with Crippen molar-refractivity contribution in [3.05, 3.63) is 29.8 Å². The SMILES string of the molecule is CCN(CC)C(=O)CN1CCNCc2ccccc21.Cl. The molecule has 0 aliphatic carbocycles. The van der Waals surface area contributed by atoms with Gasteiger partial charge in [0.25, 0.3) is 0 Å². The molecule has 0 spiro atoms. The van der Waals surface area contributed by atoms with Crippen LogP contribution in [0, 0.1) is 0 Å². The van der Waals surface area contributed by atoms with Gasteiger partial charge in [0.1, 0.15) is 0 Å². The molecule has 1 amide bonds. The fraction of sp³-hybridized carbons (Fsp3) is 0.533. The molecule has 0 unspecified atom stereocenters. The predicted molar refractivity (Wildman–Crippen MR) is 85.5 cm³/mol. The van der Waals surface area contributed by atoms with Crippen molar-refractivity contribution in [1.82, 2.24) is 10.2 Å².